The number of Topliss-reactive ketones (excluding diaryl/α,β-unsaturated/α-hetero) is 1. The second kappa shape index (κ2) is 8.93. The van der Waals surface area contributed by atoms with Crippen molar-refractivity contribution in [2.75, 3.05) is 26.2 Å². The molecule has 26 heavy (non-hydrogen) atoms. The highest BCUT2D eigenvalue weighted by Crippen LogP contribution is 2.23. The van der Waals surface area contributed by atoms with Gasteiger partial charge in [0, 0.05) is 38.3 Å². The number of nitrogens with zero attached hydrogens (tertiary/aromatic N) is 3. The van der Waals surface area contributed by atoms with Crippen LogP contribution in [0.1, 0.15) is 19.3 Å². The summed E-state index contributed by atoms with van der Waals surface area (Å²) in [5, 5.41) is 15.7. The van der Waals surface area contributed by atoms with Crippen molar-refractivity contribution in [3.63, 3.8) is 0 Å². The van der Waals surface area contributed by atoms with E-state index in [-0.39, 0.29) is 11.9 Å². The van der Waals surface area contributed by atoms with Crippen molar-refractivity contribution in [1.82, 2.24) is 20.2 Å². The molecule has 1 aliphatic rings. The van der Waals surface area contributed by atoms with Crippen LogP contribution < -0.4 is 10.2 Å². The lowest BCUT2D eigenvalue weighted by Crippen LogP contribution is -2.46. The molecule has 1 fully saturated rings. The number of carbonyl (C=O) groups is 1. The number of rotatable bonds is 8. The minimum absolute atomic E-state index is 0.111. The molecule has 1 aromatic carbocycles. The summed E-state index contributed by atoms with van der Waals surface area (Å²) in [6.45, 7) is 2.20. The molecule has 0 aliphatic carbocycles. The number of aliphatic hydroxyl groups excluding tert-OH is 1. The number of aryl methyl sites for hydroxylation is 1. The highest BCUT2D eigenvalue weighted by molar-refractivity contribution is 5.80. The van der Waals surface area contributed by atoms with E-state index in [1.165, 1.54) is 0 Å². The average Bonchev–Trinajstić information content (AvgIpc) is 3.08. The molecule has 0 atom stereocenters. The topological polar surface area (TPSA) is 79.6 Å². The predicted molar refractivity (Wildman–Crippen MR) is 98.6 cm³/mol. The van der Waals surface area contributed by atoms with Crippen LogP contribution in [-0.2, 0) is 11.8 Å². The van der Waals surface area contributed by atoms with Gasteiger partial charge in [0.05, 0.1) is 25.5 Å². The molecule has 0 saturated carbocycles. The van der Waals surface area contributed by atoms with Crippen molar-refractivity contribution in [3.05, 3.63) is 36.7 Å². The third-order valence-corrected chi connectivity index (χ3v) is 4.49. The van der Waals surface area contributed by atoms with Crippen LogP contribution in [-0.4, -0.2) is 58.0 Å². The Morgan fingerprint density at radius 2 is 2.15 bits per heavy atom. The maximum atomic E-state index is 12.0. The van der Waals surface area contributed by atoms with Crippen LogP contribution in [0.3, 0.4) is 0 Å². The highest BCUT2D eigenvalue weighted by atomic mass is 16.5. The molecule has 2 aromatic rings. The lowest BCUT2D eigenvalue weighted by Gasteiger charge is -2.29. The van der Waals surface area contributed by atoms with Crippen LogP contribution in [0.25, 0.3) is 11.1 Å². The van der Waals surface area contributed by atoms with Gasteiger partial charge in [0.1, 0.15) is 5.75 Å². The third kappa shape index (κ3) is 5.39. The molecule has 2 heterocycles. The first-order valence-corrected chi connectivity index (χ1v) is 9.00. The lowest BCUT2D eigenvalue weighted by atomic mass is 10.1. The molecule has 1 saturated heterocycles. The molecule has 7 heteroatoms. The number of carbonyl (C=O) groups excluding carboxylic acids is 1. The van der Waals surface area contributed by atoms with Gasteiger partial charge in [0.25, 0.3) is 0 Å². The van der Waals surface area contributed by atoms with Gasteiger partial charge in [-0.3, -0.25) is 9.48 Å². The number of aromatic nitrogens is 2. The number of hydrazine groups is 1. The number of nitrogens with one attached hydrogen (secondary N) is 1. The lowest BCUT2D eigenvalue weighted by molar-refractivity contribution is -0.119. The fourth-order valence-corrected chi connectivity index (χ4v) is 2.93. The third-order valence-electron chi connectivity index (χ3n) is 4.49. The number of benzene rings is 1. The Morgan fingerprint density at radius 1 is 1.35 bits per heavy atom. The van der Waals surface area contributed by atoms with Crippen LogP contribution in [0.2, 0.25) is 0 Å². The Kier molecular flexibility index (Phi) is 6.38. The van der Waals surface area contributed by atoms with Gasteiger partial charge in [-0.1, -0.05) is 12.1 Å². The maximum absolute atomic E-state index is 12.0. The van der Waals surface area contributed by atoms with Crippen LogP contribution >= 0.6 is 0 Å². The van der Waals surface area contributed by atoms with E-state index in [2.05, 4.69) is 10.5 Å². The van der Waals surface area contributed by atoms with Crippen LogP contribution in [0.5, 0.6) is 5.75 Å². The molecule has 140 valence electrons. The molecule has 0 radical (unpaired) electrons. The van der Waals surface area contributed by atoms with Gasteiger partial charge in [-0.2, -0.15) is 5.10 Å². The van der Waals surface area contributed by atoms with Gasteiger partial charge in [0.2, 0.25) is 0 Å². The molecule has 0 unspecified atom stereocenters. The average molecular weight is 358 g/mol. The molecule has 2 N–H and O–H groups in total. The minimum Gasteiger partial charge on any atom is -0.493 e. The Hall–Kier alpha value is -2.22. The number of piperidine rings is 1. The highest BCUT2D eigenvalue weighted by Gasteiger charge is 2.17. The number of hydrogen-bond donors (Lipinski definition) is 2. The second-order valence-corrected chi connectivity index (χ2v) is 6.62. The molecule has 0 spiro atoms. The quantitative estimate of drug-likeness (QED) is 0.742. The summed E-state index contributed by atoms with van der Waals surface area (Å²) in [6, 6.07) is 7.79. The van der Waals surface area contributed by atoms with Gasteiger partial charge in [-0.25, -0.2) is 10.4 Å². The summed E-state index contributed by atoms with van der Waals surface area (Å²) >= 11 is 0. The van der Waals surface area contributed by atoms with Crippen molar-refractivity contribution >= 4 is 5.78 Å². The fraction of sp³-hybridized carbons (Fsp3) is 0.474. The zero-order valence-electron chi connectivity index (χ0n) is 15.1. The van der Waals surface area contributed by atoms with Crippen LogP contribution in [0, 0.1) is 0 Å². The van der Waals surface area contributed by atoms with E-state index in [0.29, 0.717) is 19.6 Å². The first-order valence-electron chi connectivity index (χ1n) is 9.00. The van der Waals surface area contributed by atoms with Crippen molar-refractivity contribution in [3.8, 4) is 16.9 Å². The van der Waals surface area contributed by atoms with Gasteiger partial charge in [-0.15, -0.1) is 0 Å². The molecule has 3 rings (SSSR count). The molecule has 1 aromatic heterocycles. The second-order valence-electron chi connectivity index (χ2n) is 6.62. The summed E-state index contributed by atoms with van der Waals surface area (Å²) in [6.07, 6.45) is 5.41. The fourth-order valence-electron chi connectivity index (χ4n) is 2.93. The summed E-state index contributed by atoms with van der Waals surface area (Å²) in [5.41, 5.74) is 5.20. The van der Waals surface area contributed by atoms with Gasteiger partial charge in [0.15, 0.2) is 5.78 Å². The zero-order chi connectivity index (χ0) is 18.4. The van der Waals surface area contributed by atoms with E-state index in [9.17, 15) is 9.90 Å². The number of ketones is 1. The van der Waals surface area contributed by atoms with Crippen molar-refractivity contribution < 1.29 is 14.6 Å². The van der Waals surface area contributed by atoms with Gasteiger partial charge in [-0.05, 0) is 30.5 Å². The Labute approximate surface area is 153 Å². The smallest absolute Gasteiger partial charge is 0.151 e. The van der Waals surface area contributed by atoms with Gasteiger partial charge >= 0.3 is 0 Å². The Bertz CT molecular complexity index is 723. The van der Waals surface area contributed by atoms with E-state index in [1.54, 1.807) is 4.68 Å². The largest absolute Gasteiger partial charge is 0.493 e. The van der Waals surface area contributed by atoms with E-state index < -0.39 is 0 Å². The molecule has 1 aliphatic heterocycles. The first kappa shape index (κ1) is 18.6. The standard InChI is InChI=1S/C19H26N4O3/c1-22-14-16(12-20-22)15-3-2-4-19(11-15)26-10-7-18(25)13-21-23-8-5-17(24)6-9-23/h2-4,11-12,14,17,21,24H,5-10,13H2,1H3. The first-order chi connectivity index (χ1) is 12.6. The van der Waals surface area contributed by atoms with Crippen molar-refractivity contribution in [1.29, 1.82) is 0 Å². The van der Waals surface area contributed by atoms with E-state index in [0.717, 1.165) is 42.8 Å². The molecular formula is C19H26N4O3. The Morgan fingerprint density at radius 3 is 2.88 bits per heavy atom. The van der Waals surface area contributed by atoms with Crippen LogP contribution in [0.4, 0.5) is 0 Å². The molecule has 0 amide bonds. The summed E-state index contributed by atoms with van der Waals surface area (Å²) in [7, 11) is 1.88. The number of hydrogen-bond acceptors (Lipinski definition) is 6. The normalized spacial score (nSPS) is 15.9. The monoisotopic (exact) mass is 358 g/mol. The molecule has 7 nitrogen and oxygen atoms in total. The zero-order valence-corrected chi connectivity index (χ0v) is 15.1. The summed E-state index contributed by atoms with van der Waals surface area (Å²) in [4.78, 5) is 12.0. The maximum Gasteiger partial charge on any atom is 0.151 e. The predicted octanol–water partition coefficient (Wildman–Crippen LogP) is 1.39. The SMILES string of the molecule is Cn1cc(-c2cccc(OCCC(=O)CNN3CCC(O)CC3)c2)cn1. The van der Waals surface area contributed by atoms with E-state index >= 15 is 0 Å². The van der Waals surface area contributed by atoms with Gasteiger partial charge < -0.3 is 9.84 Å². The number of aliphatic hydroxyl groups is 1. The van der Waals surface area contributed by atoms with Crippen molar-refractivity contribution in [2.24, 2.45) is 7.05 Å². The van der Waals surface area contributed by atoms with Crippen molar-refractivity contribution in [2.45, 2.75) is 25.4 Å². The Balaban J connectivity index is 1.40. The molecule has 0 bridgehead atoms. The van der Waals surface area contributed by atoms with E-state index in [4.69, 9.17) is 4.74 Å². The van der Waals surface area contributed by atoms with Crippen LogP contribution in [0.15, 0.2) is 36.7 Å². The summed E-state index contributed by atoms with van der Waals surface area (Å²) in [5.74, 6) is 0.858. The minimum atomic E-state index is -0.209. The van der Waals surface area contributed by atoms with E-state index in [1.807, 2.05) is 48.7 Å². The molecular weight excluding hydrogens is 332 g/mol. The summed E-state index contributed by atoms with van der Waals surface area (Å²) < 4.78 is 7.49. The number of ether oxygens (including phenoxy) is 1.